The Hall–Kier alpha value is -3.79. The highest BCUT2D eigenvalue weighted by Crippen LogP contribution is 2.18. The average molecular weight is 1220 g/mol. The first kappa shape index (κ1) is 83.2. The maximum atomic E-state index is 13.0. The Labute approximate surface area is 537 Å². The van der Waals surface area contributed by atoms with Crippen LogP contribution in [-0.2, 0) is 33.3 Å². The number of unbranched alkanes of at least 4 members (excludes halogenated alkanes) is 36. The van der Waals surface area contributed by atoms with Gasteiger partial charge in [-0.1, -0.05) is 310 Å². The zero-order valence-corrected chi connectivity index (χ0v) is 57.4. The van der Waals surface area contributed by atoms with Crippen molar-refractivity contribution in [1.82, 2.24) is 0 Å². The van der Waals surface area contributed by atoms with Crippen molar-refractivity contribution in [2.45, 2.75) is 334 Å². The first-order chi connectivity index (χ1) is 42.6. The van der Waals surface area contributed by atoms with Crippen LogP contribution in [0.5, 0.6) is 0 Å². The summed E-state index contributed by atoms with van der Waals surface area (Å²) in [6.07, 6.45) is 91.0. The summed E-state index contributed by atoms with van der Waals surface area (Å²) >= 11 is 0. The minimum absolute atomic E-state index is 0.184. The van der Waals surface area contributed by atoms with Crippen molar-refractivity contribution in [3.05, 3.63) is 97.2 Å². The number of aliphatic carboxylic acids is 1. The topological polar surface area (TPSA) is 108 Å². The highest BCUT2D eigenvalue weighted by molar-refractivity contribution is 5.71. The molecular formula is C78H138NO8+. The van der Waals surface area contributed by atoms with E-state index in [0.29, 0.717) is 17.4 Å². The summed E-state index contributed by atoms with van der Waals surface area (Å²) < 4.78 is 23.0. The summed E-state index contributed by atoms with van der Waals surface area (Å²) in [7, 11) is 5.98. The van der Waals surface area contributed by atoms with Crippen LogP contribution in [0.4, 0.5) is 0 Å². The van der Waals surface area contributed by atoms with Crippen LogP contribution in [0.15, 0.2) is 97.2 Å². The van der Waals surface area contributed by atoms with Gasteiger partial charge < -0.3 is 28.5 Å². The Kier molecular flexibility index (Phi) is 65.2. The minimum atomic E-state index is -1.51. The van der Waals surface area contributed by atoms with Crippen molar-refractivity contribution in [1.29, 1.82) is 0 Å². The predicted molar refractivity (Wildman–Crippen MR) is 373 cm³/mol. The van der Waals surface area contributed by atoms with Crippen molar-refractivity contribution < 1.29 is 42.9 Å². The van der Waals surface area contributed by atoms with E-state index in [1.807, 2.05) is 21.1 Å². The lowest BCUT2D eigenvalue weighted by Crippen LogP contribution is -2.40. The molecule has 0 bridgehead atoms. The van der Waals surface area contributed by atoms with Crippen LogP contribution in [0.25, 0.3) is 0 Å². The average Bonchev–Trinajstić information content (AvgIpc) is 3.57. The molecule has 502 valence electrons. The molecule has 0 aromatic carbocycles. The highest BCUT2D eigenvalue weighted by Gasteiger charge is 2.25. The number of likely N-dealkylation sites (N-methyl/N-ethyl adjacent to an activating group) is 1. The van der Waals surface area contributed by atoms with Gasteiger partial charge >= 0.3 is 17.9 Å². The molecule has 0 heterocycles. The molecule has 87 heavy (non-hydrogen) atoms. The fourth-order valence-electron chi connectivity index (χ4n) is 10.3. The van der Waals surface area contributed by atoms with E-state index in [1.54, 1.807) is 0 Å². The second-order valence-electron chi connectivity index (χ2n) is 25.5. The molecule has 0 fully saturated rings. The van der Waals surface area contributed by atoms with Crippen molar-refractivity contribution in [3.8, 4) is 0 Å². The predicted octanol–water partition coefficient (Wildman–Crippen LogP) is 22.8. The maximum absolute atomic E-state index is 13.0. The van der Waals surface area contributed by atoms with Crippen LogP contribution in [0.1, 0.15) is 322 Å². The van der Waals surface area contributed by atoms with Crippen LogP contribution < -0.4 is 0 Å². The fourth-order valence-corrected chi connectivity index (χ4v) is 10.3. The summed E-state index contributed by atoms with van der Waals surface area (Å²) in [4.78, 5) is 37.6. The lowest BCUT2D eigenvalue weighted by Gasteiger charge is -2.25. The van der Waals surface area contributed by atoms with Gasteiger partial charge in [0, 0.05) is 12.8 Å². The number of esters is 2. The number of carbonyl (C=O) groups excluding carboxylic acids is 2. The molecule has 2 atom stereocenters. The minimum Gasteiger partial charge on any atom is -0.477 e. The molecule has 0 aliphatic carbocycles. The molecule has 0 aromatic rings. The summed E-state index contributed by atoms with van der Waals surface area (Å²) in [5.41, 5.74) is 0. The molecule has 1 N–H and O–H groups in total. The number of rotatable bonds is 67. The van der Waals surface area contributed by atoms with Gasteiger partial charge in [0.05, 0.1) is 34.4 Å². The normalized spacial score (nSPS) is 13.3. The van der Waals surface area contributed by atoms with Crippen molar-refractivity contribution >= 4 is 17.9 Å². The molecule has 9 heteroatoms. The van der Waals surface area contributed by atoms with E-state index < -0.39 is 24.3 Å². The van der Waals surface area contributed by atoms with E-state index in [9.17, 15) is 19.5 Å². The third-order valence-corrected chi connectivity index (χ3v) is 15.8. The van der Waals surface area contributed by atoms with Gasteiger partial charge in [-0.25, -0.2) is 4.79 Å². The van der Waals surface area contributed by atoms with Gasteiger partial charge in [0.15, 0.2) is 6.10 Å². The number of nitrogens with zero attached hydrogens (tertiary/aromatic N) is 1. The smallest absolute Gasteiger partial charge is 0.361 e. The van der Waals surface area contributed by atoms with Crippen molar-refractivity contribution in [3.63, 3.8) is 0 Å². The second kappa shape index (κ2) is 68.1. The lowest BCUT2D eigenvalue weighted by atomic mass is 10.0. The number of carboxylic acids is 1. The van der Waals surface area contributed by atoms with Crippen LogP contribution in [0, 0.1) is 0 Å². The largest absolute Gasteiger partial charge is 0.477 e. The van der Waals surface area contributed by atoms with Gasteiger partial charge in [0.2, 0.25) is 0 Å². The van der Waals surface area contributed by atoms with E-state index in [1.165, 1.54) is 212 Å². The fraction of sp³-hybridized carbons (Fsp3) is 0.756. The number of quaternary nitrogens is 1. The number of ether oxygens (including phenoxy) is 4. The van der Waals surface area contributed by atoms with E-state index in [2.05, 4.69) is 111 Å². The van der Waals surface area contributed by atoms with Crippen LogP contribution >= 0.6 is 0 Å². The van der Waals surface area contributed by atoms with Gasteiger partial charge in [-0.15, -0.1) is 0 Å². The standard InChI is InChI=1S/C78H137NO8/c1-6-8-10-12-14-16-18-20-22-24-26-28-30-32-33-34-35-36-37-38-39-40-41-42-43-45-47-49-51-53-55-57-59-61-63-65-67-69-76(81)87-74(73-86-78(77(82)83)84-71-70-79(3,4)5)72-85-75(80)68-66-64-62-60-58-56-54-52-50-48-46-44-31-29-27-25-23-21-19-17-15-13-11-9-7-2/h8,10,14,16,19-22,25-28,31-33,44,74,78H,6-7,9,11-13,15,17-18,23-24,29-30,34-43,45-73H2,1-5H3/p+1/b10-8-,16-14-,21-19-,22-20-,27-25-,28-26-,33-32-,44-31-. The Balaban J connectivity index is 4.06. The Morgan fingerprint density at radius 1 is 0.356 bits per heavy atom. The molecule has 0 amide bonds. The first-order valence-corrected chi connectivity index (χ1v) is 36.4. The van der Waals surface area contributed by atoms with E-state index in [0.717, 1.165) is 83.5 Å². The van der Waals surface area contributed by atoms with Gasteiger partial charge in [-0.3, -0.25) is 9.59 Å². The maximum Gasteiger partial charge on any atom is 0.361 e. The van der Waals surface area contributed by atoms with Gasteiger partial charge in [-0.2, -0.15) is 0 Å². The van der Waals surface area contributed by atoms with Crippen LogP contribution in [-0.4, -0.2) is 87.4 Å². The quantitative estimate of drug-likeness (QED) is 0.0211. The number of carbonyl (C=O) groups is 3. The summed E-state index contributed by atoms with van der Waals surface area (Å²) in [5, 5.41) is 9.75. The molecule has 0 aromatic heterocycles. The third-order valence-electron chi connectivity index (χ3n) is 15.8. The molecule has 0 rings (SSSR count). The zero-order chi connectivity index (χ0) is 63.3. The SMILES string of the molecule is CC/C=C\C/C=C\C/C=C\C/C=C\C/C=C\CCCCCCCCCCCCCCCCCCCCCCCC(=O)OC(COC(=O)CCCCCCCCCCCC/C=C\C/C=C\C/C=C\CCCCCCC)COC(OCC[N+](C)(C)C)C(=O)O. The monoisotopic (exact) mass is 1220 g/mol. The van der Waals surface area contributed by atoms with E-state index >= 15 is 0 Å². The van der Waals surface area contributed by atoms with Crippen LogP contribution in [0.2, 0.25) is 0 Å². The Morgan fingerprint density at radius 2 is 0.655 bits per heavy atom. The zero-order valence-electron chi connectivity index (χ0n) is 57.4. The first-order valence-electron chi connectivity index (χ1n) is 36.4. The molecule has 2 unspecified atom stereocenters. The molecule has 0 aliphatic rings. The van der Waals surface area contributed by atoms with Crippen LogP contribution in [0.3, 0.4) is 0 Å². The molecule has 0 spiro atoms. The number of hydrogen-bond acceptors (Lipinski definition) is 7. The molecule has 9 nitrogen and oxygen atoms in total. The molecular weight excluding hydrogens is 1080 g/mol. The van der Waals surface area contributed by atoms with Gasteiger partial charge in [0.25, 0.3) is 6.29 Å². The molecule has 0 saturated heterocycles. The molecule has 0 saturated carbocycles. The Bertz CT molecular complexity index is 1750. The summed E-state index contributed by atoms with van der Waals surface area (Å²) in [5.74, 6) is -2.00. The van der Waals surface area contributed by atoms with E-state index in [-0.39, 0.29) is 32.2 Å². The third kappa shape index (κ3) is 69.5. The van der Waals surface area contributed by atoms with Gasteiger partial charge in [-0.05, 0) is 96.3 Å². The highest BCUT2D eigenvalue weighted by atomic mass is 16.7. The van der Waals surface area contributed by atoms with Crippen molar-refractivity contribution in [2.75, 3.05) is 47.5 Å². The molecule has 0 radical (unpaired) electrons. The molecule has 0 aliphatic heterocycles. The Morgan fingerprint density at radius 3 is 0.977 bits per heavy atom. The number of allylic oxidation sites excluding steroid dienone is 16. The lowest BCUT2D eigenvalue weighted by molar-refractivity contribution is -0.870. The van der Waals surface area contributed by atoms with E-state index in [4.69, 9.17) is 18.9 Å². The number of hydrogen-bond donors (Lipinski definition) is 1. The van der Waals surface area contributed by atoms with Gasteiger partial charge in [0.1, 0.15) is 13.2 Å². The van der Waals surface area contributed by atoms with Crippen molar-refractivity contribution in [2.24, 2.45) is 0 Å². The number of carboxylic acid groups (broad SMARTS) is 1. The summed E-state index contributed by atoms with van der Waals surface area (Å²) in [6.45, 7) is 4.78. The second-order valence-corrected chi connectivity index (χ2v) is 25.5. The summed E-state index contributed by atoms with van der Waals surface area (Å²) in [6, 6.07) is 0.